The molecule has 1 saturated heterocycles. The van der Waals surface area contributed by atoms with Gasteiger partial charge in [0.25, 0.3) is 5.56 Å². The van der Waals surface area contributed by atoms with Crippen LogP contribution in [-0.2, 0) is 31.6 Å². The quantitative estimate of drug-likeness (QED) is 0.245. The maximum atomic E-state index is 13.4. The number of nitrogens with one attached hydrogen (secondary N) is 1. The number of phosphoric acid groups is 3. The molecule has 1 aromatic rings. The first-order chi connectivity index (χ1) is 13.0. The molecule has 0 radical (unpaired) electrons. The molecule has 2 unspecified atom stereocenters. The average Bonchev–Trinajstić information content (AvgIpc) is 2.74. The normalized spacial score (nSPS) is 29.3. The van der Waals surface area contributed by atoms with Gasteiger partial charge in [-0.25, -0.2) is 18.5 Å². The van der Waals surface area contributed by atoms with Crippen molar-refractivity contribution >= 4 is 23.5 Å². The maximum Gasteiger partial charge on any atom is 0.490 e. The van der Waals surface area contributed by atoms with E-state index in [1.165, 1.54) is 0 Å². The molecule has 1 aliphatic rings. The lowest BCUT2D eigenvalue weighted by atomic mass is 10.1. The van der Waals surface area contributed by atoms with Crippen molar-refractivity contribution in [1.29, 1.82) is 0 Å². The minimum Gasteiger partial charge on any atom is -0.386 e. The number of H-pyrrole nitrogens is 1. The zero-order chi connectivity index (χ0) is 22.4. The van der Waals surface area contributed by atoms with E-state index >= 15 is 0 Å². The van der Waals surface area contributed by atoms with Gasteiger partial charge < -0.3 is 29.4 Å². The Morgan fingerprint density at radius 3 is 2.28 bits per heavy atom. The third-order valence-corrected chi connectivity index (χ3v) is 7.15. The summed E-state index contributed by atoms with van der Waals surface area (Å²) in [5, 5.41) is 10.2. The Balaban J connectivity index is 2.22. The van der Waals surface area contributed by atoms with Crippen LogP contribution in [0, 0.1) is 5.82 Å². The van der Waals surface area contributed by atoms with E-state index in [0.29, 0.717) is 10.8 Å². The summed E-state index contributed by atoms with van der Waals surface area (Å²) >= 11 is 0. The highest BCUT2D eigenvalue weighted by Gasteiger charge is 2.49. The molecule has 0 saturated carbocycles. The van der Waals surface area contributed by atoms with Gasteiger partial charge in [0.15, 0.2) is 6.23 Å². The number of halogens is 1. The van der Waals surface area contributed by atoms with Gasteiger partial charge in [-0.3, -0.25) is 18.9 Å². The molecule has 0 bridgehead atoms. The van der Waals surface area contributed by atoms with E-state index < -0.39 is 65.1 Å². The third-order valence-electron chi connectivity index (χ3n) is 3.31. The summed E-state index contributed by atoms with van der Waals surface area (Å²) < 4.78 is 64.3. The van der Waals surface area contributed by atoms with E-state index in [9.17, 15) is 37.7 Å². The Morgan fingerprint density at radius 1 is 1.14 bits per heavy atom. The van der Waals surface area contributed by atoms with Crippen molar-refractivity contribution in [3.63, 3.8) is 0 Å². The van der Waals surface area contributed by atoms with Crippen molar-refractivity contribution in [1.82, 2.24) is 9.55 Å². The van der Waals surface area contributed by atoms with Crippen LogP contribution in [0.5, 0.6) is 0 Å². The second-order valence-corrected chi connectivity index (χ2v) is 9.90. The second kappa shape index (κ2) is 8.23. The van der Waals surface area contributed by atoms with Gasteiger partial charge in [0.2, 0.25) is 5.82 Å². The van der Waals surface area contributed by atoms with Crippen LogP contribution in [0.1, 0.15) is 13.2 Å². The van der Waals surface area contributed by atoms with Gasteiger partial charge in [0, 0.05) is 0 Å². The standard InChI is InChI=1S/C9H14FN2O14P3/c1-3-6(24-28(19,20)26-29(21,22)25-27(16,17)18)5(13)8(23-3)12-2-4(10)7(14)11-9(12)15/h2-3,5-6,8,13H,1H3,(H,19,20)(H,21,22)(H,11,14,15)(H2,16,17,18)/t3-,5-,6-,8-/m1/s1. The predicted octanol–water partition coefficient (Wildman–Crippen LogP) is -1.33. The molecular formula is C9H14FN2O14P3. The maximum absolute atomic E-state index is 13.4. The molecule has 0 aliphatic carbocycles. The largest absolute Gasteiger partial charge is 0.490 e. The Bertz CT molecular complexity index is 1030. The molecule has 0 spiro atoms. The molecule has 166 valence electrons. The molecule has 0 amide bonds. The highest BCUT2D eigenvalue weighted by atomic mass is 31.3. The molecule has 16 nitrogen and oxygen atoms in total. The lowest BCUT2D eigenvalue weighted by molar-refractivity contribution is -0.0356. The van der Waals surface area contributed by atoms with Crippen molar-refractivity contribution in [2.24, 2.45) is 0 Å². The van der Waals surface area contributed by atoms with Crippen molar-refractivity contribution in [2.75, 3.05) is 0 Å². The summed E-state index contributed by atoms with van der Waals surface area (Å²) in [5.74, 6) is -1.41. The number of ether oxygens (including phenoxy) is 1. The molecule has 1 fully saturated rings. The lowest BCUT2D eigenvalue weighted by Crippen LogP contribution is -2.39. The number of hydrogen-bond donors (Lipinski definition) is 6. The number of nitrogens with zero attached hydrogens (tertiary/aromatic N) is 1. The average molecular weight is 486 g/mol. The van der Waals surface area contributed by atoms with E-state index in [-0.39, 0.29) is 0 Å². The minimum absolute atomic E-state index is 0.398. The van der Waals surface area contributed by atoms with Gasteiger partial charge in [0.1, 0.15) is 12.2 Å². The highest BCUT2D eigenvalue weighted by molar-refractivity contribution is 7.66. The lowest BCUT2D eigenvalue weighted by Gasteiger charge is -2.22. The van der Waals surface area contributed by atoms with Crippen LogP contribution in [0.3, 0.4) is 0 Å². The summed E-state index contributed by atoms with van der Waals surface area (Å²) in [6.45, 7) is 1.16. The molecule has 2 heterocycles. The molecule has 6 N–H and O–H groups in total. The third kappa shape index (κ3) is 6.21. The molecule has 6 atom stereocenters. The first kappa shape index (κ1) is 24.2. The van der Waals surface area contributed by atoms with Gasteiger partial charge in [-0.05, 0) is 6.92 Å². The van der Waals surface area contributed by atoms with Gasteiger partial charge in [0.05, 0.1) is 12.3 Å². The Labute approximate surface area is 158 Å². The molecular weight excluding hydrogens is 472 g/mol. The molecule has 2 rings (SSSR count). The van der Waals surface area contributed by atoms with Crippen LogP contribution in [0.2, 0.25) is 0 Å². The number of aromatic nitrogens is 2. The van der Waals surface area contributed by atoms with Crippen molar-refractivity contribution in [3.05, 3.63) is 32.9 Å². The van der Waals surface area contributed by atoms with Crippen molar-refractivity contribution in [3.8, 4) is 0 Å². The van der Waals surface area contributed by atoms with E-state index in [1.807, 2.05) is 0 Å². The van der Waals surface area contributed by atoms with E-state index in [4.69, 9.17) is 19.4 Å². The Kier molecular flexibility index (Phi) is 6.87. The van der Waals surface area contributed by atoms with Crippen LogP contribution in [0.25, 0.3) is 0 Å². The predicted molar refractivity (Wildman–Crippen MR) is 85.6 cm³/mol. The van der Waals surface area contributed by atoms with Crippen LogP contribution in [-0.4, -0.2) is 52.5 Å². The summed E-state index contributed by atoms with van der Waals surface area (Å²) in [6.07, 6.45) is -6.43. The summed E-state index contributed by atoms with van der Waals surface area (Å²) in [4.78, 5) is 60.0. The first-order valence-electron chi connectivity index (χ1n) is 7.18. The Hall–Kier alpha value is -1.06. The second-order valence-electron chi connectivity index (χ2n) is 5.53. The summed E-state index contributed by atoms with van der Waals surface area (Å²) in [5.41, 5.74) is -2.55. The van der Waals surface area contributed by atoms with E-state index in [1.54, 1.807) is 4.98 Å². The Morgan fingerprint density at radius 2 is 1.72 bits per heavy atom. The SMILES string of the molecule is C[C@H]1O[C@@H](n2cc(F)c(=O)[nH]c2=O)[C@H](O)[C@@H]1OP(=O)(O)OP(=O)(O)OP(=O)(O)O. The number of aromatic amines is 1. The van der Waals surface area contributed by atoms with Gasteiger partial charge >= 0.3 is 29.2 Å². The molecule has 29 heavy (non-hydrogen) atoms. The monoisotopic (exact) mass is 486 g/mol. The van der Waals surface area contributed by atoms with Gasteiger partial charge in [-0.1, -0.05) is 0 Å². The molecule has 1 aliphatic heterocycles. The molecule has 1 aromatic heterocycles. The number of hydrogen-bond acceptors (Lipinski definition) is 10. The van der Waals surface area contributed by atoms with E-state index in [0.717, 1.165) is 6.92 Å². The van der Waals surface area contributed by atoms with Crippen molar-refractivity contribution in [2.45, 2.75) is 31.5 Å². The smallest absolute Gasteiger partial charge is 0.386 e. The fourth-order valence-electron chi connectivity index (χ4n) is 2.30. The highest BCUT2D eigenvalue weighted by Crippen LogP contribution is 2.67. The summed E-state index contributed by atoms with van der Waals surface area (Å²) in [6, 6.07) is 0. The molecule has 20 heteroatoms. The fraction of sp³-hybridized carbons (Fsp3) is 0.556. The number of aliphatic hydroxyl groups is 1. The van der Waals surface area contributed by atoms with Crippen LogP contribution >= 0.6 is 23.5 Å². The van der Waals surface area contributed by atoms with Gasteiger partial charge in [-0.15, -0.1) is 0 Å². The number of aliphatic hydroxyl groups excluding tert-OH is 1. The van der Waals surface area contributed by atoms with Crippen LogP contribution in [0.4, 0.5) is 4.39 Å². The number of phosphoric ester groups is 1. The van der Waals surface area contributed by atoms with Crippen molar-refractivity contribution < 1.29 is 60.6 Å². The minimum atomic E-state index is -5.79. The summed E-state index contributed by atoms with van der Waals surface area (Å²) in [7, 11) is -17.0. The van der Waals surface area contributed by atoms with E-state index in [2.05, 4.69) is 13.1 Å². The zero-order valence-corrected chi connectivity index (χ0v) is 16.6. The topological polar surface area (TPSA) is 244 Å². The number of rotatable bonds is 7. The van der Waals surface area contributed by atoms with Crippen LogP contribution in [0.15, 0.2) is 15.8 Å². The van der Waals surface area contributed by atoms with Crippen LogP contribution < -0.4 is 11.2 Å². The fourth-order valence-corrected chi connectivity index (χ4v) is 5.56. The van der Waals surface area contributed by atoms with Gasteiger partial charge in [-0.2, -0.15) is 13.0 Å². The first-order valence-corrected chi connectivity index (χ1v) is 11.7. The molecule has 0 aromatic carbocycles. The zero-order valence-electron chi connectivity index (χ0n) is 14.0.